The molecule has 0 spiro atoms. The molecule has 0 aliphatic carbocycles. The maximum absolute atomic E-state index is 4.27. The summed E-state index contributed by atoms with van der Waals surface area (Å²) in [7, 11) is 1.80. The third-order valence-corrected chi connectivity index (χ3v) is 4.26. The van der Waals surface area contributed by atoms with Crippen molar-refractivity contribution in [3.63, 3.8) is 0 Å². The molecule has 6 heteroatoms. The molecule has 1 heterocycles. The zero-order valence-corrected chi connectivity index (χ0v) is 13.7. The highest BCUT2D eigenvalue weighted by Gasteiger charge is 2.13. The van der Waals surface area contributed by atoms with Crippen molar-refractivity contribution >= 4 is 11.8 Å². The van der Waals surface area contributed by atoms with Gasteiger partial charge in [0.15, 0.2) is 5.82 Å². The number of rotatable bonds is 8. The Kier molecular flexibility index (Phi) is 6.20. The molecule has 2 aromatic rings. The van der Waals surface area contributed by atoms with Crippen LogP contribution >= 0.6 is 11.8 Å². The lowest BCUT2D eigenvalue weighted by Gasteiger charge is -2.16. The van der Waals surface area contributed by atoms with Crippen molar-refractivity contribution in [2.24, 2.45) is 7.05 Å². The quantitative estimate of drug-likeness (QED) is 0.758. The van der Waals surface area contributed by atoms with Gasteiger partial charge in [-0.3, -0.25) is 0 Å². The van der Waals surface area contributed by atoms with Crippen molar-refractivity contribution in [1.29, 1.82) is 0 Å². The van der Waals surface area contributed by atoms with Crippen molar-refractivity contribution in [2.45, 2.75) is 37.6 Å². The first-order valence-electron chi connectivity index (χ1n) is 7.33. The molecule has 0 aliphatic heterocycles. The van der Waals surface area contributed by atoms with Crippen LogP contribution in [0.1, 0.15) is 24.7 Å². The summed E-state index contributed by atoms with van der Waals surface area (Å²) in [5.74, 6) is 1.80. The van der Waals surface area contributed by atoms with Crippen molar-refractivity contribution in [2.75, 3.05) is 12.3 Å². The van der Waals surface area contributed by atoms with Gasteiger partial charge < -0.3 is 5.32 Å². The Balaban J connectivity index is 1.92. The molecule has 1 N–H and O–H groups in total. The van der Waals surface area contributed by atoms with Crippen LogP contribution in [0.15, 0.2) is 29.2 Å². The number of thioether (sulfide) groups is 1. The van der Waals surface area contributed by atoms with Gasteiger partial charge in [-0.15, -0.1) is 22.0 Å². The molecule has 0 fully saturated rings. The molecule has 1 atom stereocenters. The maximum Gasteiger partial charge on any atom is 0.176 e. The Morgan fingerprint density at radius 1 is 1.38 bits per heavy atom. The second-order valence-electron chi connectivity index (χ2n) is 5.18. The molecule has 5 nitrogen and oxygen atoms in total. The zero-order valence-electron chi connectivity index (χ0n) is 12.9. The lowest BCUT2D eigenvalue weighted by atomic mass is 10.2. The molecule has 0 amide bonds. The van der Waals surface area contributed by atoms with E-state index in [0.29, 0.717) is 6.04 Å². The van der Waals surface area contributed by atoms with Gasteiger partial charge in [0.2, 0.25) is 0 Å². The second-order valence-corrected chi connectivity index (χ2v) is 6.27. The van der Waals surface area contributed by atoms with Crippen LogP contribution in [0.2, 0.25) is 0 Å². The normalized spacial score (nSPS) is 12.5. The van der Waals surface area contributed by atoms with Gasteiger partial charge in [-0.1, -0.05) is 24.6 Å². The van der Waals surface area contributed by atoms with Crippen molar-refractivity contribution < 1.29 is 0 Å². The Hall–Kier alpha value is -1.40. The molecule has 0 aliphatic rings. The fourth-order valence-electron chi connectivity index (χ4n) is 2.07. The summed E-state index contributed by atoms with van der Waals surface area (Å²) in [6.07, 6.45) is 1.94. The van der Waals surface area contributed by atoms with Gasteiger partial charge in [0.05, 0.1) is 7.05 Å². The van der Waals surface area contributed by atoms with E-state index in [9.17, 15) is 0 Å². The molecule has 114 valence electrons. The van der Waals surface area contributed by atoms with E-state index in [4.69, 9.17) is 0 Å². The zero-order chi connectivity index (χ0) is 15.1. The lowest BCUT2D eigenvalue weighted by molar-refractivity contribution is 0.537. The highest BCUT2D eigenvalue weighted by molar-refractivity contribution is 7.99. The number of hydrogen-bond acceptors (Lipinski definition) is 5. The van der Waals surface area contributed by atoms with Gasteiger partial charge in [0, 0.05) is 23.1 Å². The molecular formula is C15H23N5S. The third kappa shape index (κ3) is 5.47. The fourth-order valence-corrected chi connectivity index (χ4v) is 3.14. The minimum absolute atomic E-state index is 0.361. The van der Waals surface area contributed by atoms with Crippen LogP contribution in [-0.2, 0) is 13.5 Å². The summed E-state index contributed by atoms with van der Waals surface area (Å²) in [5, 5.41) is 15.8. The van der Waals surface area contributed by atoms with Crippen LogP contribution < -0.4 is 5.32 Å². The molecule has 1 aromatic carbocycles. The summed E-state index contributed by atoms with van der Waals surface area (Å²) >= 11 is 1.87. The Labute approximate surface area is 130 Å². The number of nitrogens with one attached hydrogen (secondary N) is 1. The SMILES string of the molecule is CCCNC(CSc1cccc(C)c1)Cc1nnn(C)n1. The van der Waals surface area contributed by atoms with Crippen molar-refractivity contribution in [3.05, 3.63) is 35.7 Å². The summed E-state index contributed by atoms with van der Waals surface area (Å²) in [6.45, 7) is 5.32. The molecular weight excluding hydrogens is 282 g/mol. The largest absolute Gasteiger partial charge is 0.313 e. The van der Waals surface area contributed by atoms with E-state index in [1.54, 1.807) is 7.05 Å². The Morgan fingerprint density at radius 2 is 2.24 bits per heavy atom. The van der Waals surface area contributed by atoms with E-state index in [0.717, 1.165) is 31.0 Å². The minimum atomic E-state index is 0.361. The van der Waals surface area contributed by atoms with Gasteiger partial charge >= 0.3 is 0 Å². The van der Waals surface area contributed by atoms with Crippen molar-refractivity contribution in [1.82, 2.24) is 25.5 Å². The molecule has 1 aromatic heterocycles. The summed E-state index contributed by atoms with van der Waals surface area (Å²) in [4.78, 5) is 2.82. The van der Waals surface area contributed by atoms with Crippen LogP contribution in [0.3, 0.4) is 0 Å². The predicted octanol–water partition coefficient (Wildman–Crippen LogP) is 2.22. The van der Waals surface area contributed by atoms with Gasteiger partial charge in [0.1, 0.15) is 0 Å². The monoisotopic (exact) mass is 305 g/mol. The van der Waals surface area contributed by atoms with Crippen LogP contribution in [0, 0.1) is 6.92 Å². The van der Waals surface area contributed by atoms with E-state index >= 15 is 0 Å². The smallest absolute Gasteiger partial charge is 0.176 e. The van der Waals surface area contributed by atoms with E-state index in [1.807, 2.05) is 11.8 Å². The number of tetrazole rings is 1. The predicted molar refractivity (Wildman–Crippen MR) is 86.5 cm³/mol. The number of benzene rings is 1. The number of aromatic nitrogens is 4. The summed E-state index contributed by atoms with van der Waals surface area (Å²) in [5.41, 5.74) is 1.30. The Bertz CT molecular complexity index is 555. The standard InChI is InChI=1S/C15H23N5S/c1-4-8-16-13(10-15-17-19-20(3)18-15)11-21-14-7-5-6-12(2)9-14/h5-7,9,13,16H,4,8,10-11H2,1-3H3. The average molecular weight is 305 g/mol. The fraction of sp³-hybridized carbons (Fsp3) is 0.533. The third-order valence-electron chi connectivity index (χ3n) is 3.10. The topological polar surface area (TPSA) is 55.6 Å². The van der Waals surface area contributed by atoms with Gasteiger partial charge in [0.25, 0.3) is 0 Å². The average Bonchev–Trinajstić information content (AvgIpc) is 2.87. The molecule has 0 radical (unpaired) electrons. The molecule has 1 unspecified atom stereocenters. The van der Waals surface area contributed by atoms with E-state index in [2.05, 4.69) is 58.8 Å². The van der Waals surface area contributed by atoms with E-state index in [1.165, 1.54) is 15.3 Å². The van der Waals surface area contributed by atoms with Crippen molar-refractivity contribution in [3.8, 4) is 0 Å². The second kappa shape index (κ2) is 8.14. The first-order valence-corrected chi connectivity index (χ1v) is 8.31. The van der Waals surface area contributed by atoms with Crippen LogP contribution in [-0.4, -0.2) is 38.5 Å². The van der Waals surface area contributed by atoms with E-state index < -0.39 is 0 Å². The Morgan fingerprint density at radius 3 is 2.90 bits per heavy atom. The number of hydrogen-bond donors (Lipinski definition) is 1. The van der Waals surface area contributed by atoms with Gasteiger partial charge in [-0.25, -0.2) is 0 Å². The van der Waals surface area contributed by atoms with Gasteiger partial charge in [-0.05, 0) is 37.2 Å². The number of aryl methyl sites for hydroxylation is 2. The molecule has 0 saturated heterocycles. The minimum Gasteiger partial charge on any atom is -0.313 e. The molecule has 0 bridgehead atoms. The van der Waals surface area contributed by atoms with Crippen LogP contribution in [0.4, 0.5) is 0 Å². The first kappa shape index (κ1) is 16.0. The molecule has 21 heavy (non-hydrogen) atoms. The van der Waals surface area contributed by atoms with Crippen LogP contribution in [0.5, 0.6) is 0 Å². The summed E-state index contributed by atoms with van der Waals surface area (Å²) < 4.78 is 0. The highest BCUT2D eigenvalue weighted by atomic mass is 32.2. The van der Waals surface area contributed by atoms with E-state index in [-0.39, 0.29) is 0 Å². The molecule has 2 rings (SSSR count). The summed E-state index contributed by atoms with van der Waals surface area (Å²) in [6, 6.07) is 8.98. The maximum atomic E-state index is 4.27. The van der Waals surface area contributed by atoms with Crippen LogP contribution in [0.25, 0.3) is 0 Å². The lowest BCUT2D eigenvalue weighted by Crippen LogP contribution is -2.34. The number of nitrogens with zero attached hydrogens (tertiary/aromatic N) is 4. The van der Waals surface area contributed by atoms with Gasteiger partial charge in [-0.2, -0.15) is 4.80 Å². The highest BCUT2D eigenvalue weighted by Crippen LogP contribution is 2.20. The molecule has 0 saturated carbocycles. The first-order chi connectivity index (χ1) is 10.2.